The van der Waals surface area contributed by atoms with Crippen LogP contribution in [-0.2, 0) is 14.6 Å². The van der Waals surface area contributed by atoms with Crippen LogP contribution in [0.5, 0.6) is 0 Å². The number of likely N-dealkylation sites (tertiary alicyclic amines) is 1. The van der Waals surface area contributed by atoms with Crippen LogP contribution < -0.4 is 10.2 Å². The summed E-state index contributed by atoms with van der Waals surface area (Å²) in [5.41, 5.74) is 1.34. The average Bonchev–Trinajstić information content (AvgIpc) is 3.27. The molecule has 0 aliphatic carbocycles. The number of rotatable bonds is 5. The number of anilines is 1. The quantitative estimate of drug-likeness (QED) is 0.667. The van der Waals surface area contributed by atoms with Gasteiger partial charge in [0, 0.05) is 19.1 Å². The highest BCUT2D eigenvalue weighted by atomic mass is 32.2. The second-order valence-corrected chi connectivity index (χ2v) is 10.2. The highest BCUT2D eigenvalue weighted by Crippen LogP contribution is 2.28. The number of hydrogen-bond acceptors (Lipinski definition) is 5. The van der Waals surface area contributed by atoms with Gasteiger partial charge in [0.15, 0.2) is 21.4 Å². The Balaban J connectivity index is 1.50. The number of nitrogens with one attached hydrogen (secondary N) is 2. The third-order valence-corrected chi connectivity index (χ3v) is 7.35. The van der Waals surface area contributed by atoms with E-state index in [1.54, 1.807) is 29.5 Å². The minimum Gasteiger partial charge on any atom is -0.320 e. The van der Waals surface area contributed by atoms with E-state index >= 15 is 0 Å². The van der Waals surface area contributed by atoms with Gasteiger partial charge >= 0.3 is 0 Å². The Hall–Kier alpha value is -2.29. The molecule has 1 saturated heterocycles. The van der Waals surface area contributed by atoms with Crippen molar-refractivity contribution in [2.75, 3.05) is 24.7 Å². The molecule has 0 spiro atoms. The van der Waals surface area contributed by atoms with Gasteiger partial charge in [-0.3, -0.25) is 4.79 Å². The maximum atomic E-state index is 12.7. The van der Waals surface area contributed by atoms with E-state index in [2.05, 4.69) is 11.4 Å². The van der Waals surface area contributed by atoms with Crippen molar-refractivity contribution >= 4 is 43.0 Å². The highest BCUT2D eigenvalue weighted by molar-refractivity contribution is 7.90. The first-order valence-corrected chi connectivity index (χ1v) is 11.9. The first-order valence-electron chi connectivity index (χ1n) is 9.21. The number of hydrogen-bond donors (Lipinski definition) is 2. The van der Waals surface area contributed by atoms with Crippen molar-refractivity contribution in [3.63, 3.8) is 0 Å². The van der Waals surface area contributed by atoms with Crippen LogP contribution in [0.15, 0.2) is 53.4 Å². The Bertz CT molecular complexity index is 1090. The van der Waals surface area contributed by atoms with Gasteiger partial charge in [-0.25, -0.2) is 13.4 Å². The van der Waals surface area contributed by atoms with Crippen LogP contribution in [0.2, 0.25) is 0 Å². The molecule has 0 radical (unpaired) electrons. The molecular weight excluding hydrogens is 394 g/mol. The molecule has 2 aromatic carbocycles. The molecule has 4 rings (SSSR count). The monoisotopic (exact) mass is 416 g/mol. The number of quaternary nitrogens is 1. The SMILES string of the molecule is CS(=O)(=O)c1ccccc1NC(=O)C[NH+]1CCC[C@@H]1c1nc2ccccc2s1. The van der Waals surface area contributed by atoms with Gasteiger partial charge in [-0.2, -0.15) is 0 Å². The first-order chi connectivity index (χ1) is 13.4. The average molecular weight is 417 g/mol. The Morgan fingerprint density at radius 1 is 1.21 bits per heavy atom. The van der Waals surface area contributed by atoms with Crippen LogP contribution >= 0.6 is 11.3 Å². The fraction of sp³-hybridized carbons (Fsp3) is 0.300. The largest absolute Gasteiger partial charge is 0.320 e. The molecule has 2 heterocycles. The molecule has 146 valence electrons. The maximum absolute atomic E-state index is 12.7. The van der Waals surface area contributed by atoms with Crippen LogP contribution in [0.4, 0.5) is 5.69 Å². The maximum Gasteiger partial charge on any atom is 0.279 e. The van der Waals surface area contributed by atoms with Gasteiger partial charge in [-0.1, -0.05) is 24.3 Å². The lowest BCUT2D eigenvalue weighted by atomic mass is 10.2. The predicted octanol–water partition coefficient (Wildman–Crippen LogP) is 2.06. The van der Waals surface area contributed by atoms with Gasteiger partial charge in [0.25, 0.3) is 5.91 Å². The molecule has 2 N–H and O–H groups in total. The Morgan fingerprint density at radius 2 is 1.96 bits per heavy atom. The van der Waals surface area contributed by atoms with E-state index in [1.165, 1.54) is 11.0 Å². The van der Waals surface area contributed by atoms with Gasteiger partial charge in [-0.15, -0.1) is 11.3 Å². The van der Waals surface area contributed by atoms with Gasteiger partial charge in [0.2, 0.25) is 0 Å². The summed E-state index contributed by atoms with van der Waals surface area (Å²) in [6, 6.07) is 14.8. The molecule has 1 unspecified atom stereocenters. The Labute approximate surface area is 168 Å². The van der Waals surface area contributed by atoms with Crippen molar-refractivity contribution in [1.29, 1.82) is 0 Å². The first kappa shape index (κ1) is 19.0. The smallest absolute Gasteiger partial charge is 0.279 e. The molecule has 1 amide bonds. The molecule has 1 fully saturated rings. The molecule has 0 bridgehead atoms. The number of thiazole rings is 1. The van der Waals surface area contributed by atoms with Crippen molar-refractivity contribution in [1.82, 2.24) is 4.98 Å². The van der Waals surface area contributed by atoms with E-state index in [4.69, 9.17) is 4.98 Å². The lowest BCUT2D eigenvalue weighted by Crippen LogP contribution is -3.11. The molecule has 6 nitrogen and oxygen atoms in total. The third-order valence-electron chi connectivity index (χ3n) is 5.04. The molecule has 0 saturated carbocycles. The number of fused-ring (bicyclic) bond motifs is 1. The summed E-state index contributed by atoms with van der Waals surface area (Å²) < 4.78 is 25.0. The van der Waals surface area contributed by atoms with Crippen LogP contribution in [-0.4, -0.2) is 38.7 Å². The number of nitrogens with zero attached hydrogens (tertiary/aromatic N) is 1. The number of benzene rings is 2. The number of para-hydroxylation sites is 2. The van der Waals surface area contributed by atoms with Crippen LogP contribution in [0, 0.1) is 0 Å². The van der Waals surface area contributed by atoms with E-state index < -0.39 is 9.84 Å². The summed E-state index contributed by atoms with van der Waals surface area (Å²) in [4.78, 5) is 18.7. The second kappa shape index (κ2) is 7.62. The predicted molar refractivity (Wildman–Crippen MR) is 110 cm³/mol. The zero-order chi connectivity index (χ0) is 19.7. The van der Waals surface area contributed by atoms with Crippen molar-refractivity contribution in [3.8, 4) is 0 Å². The van der Waals surface area contributed by atoms with Gasteiger partial charge in [0.1, 0.15) is 6.04 Å². The number of carbonyl (C=O) groups is 1. The standard InChI is InChI=1S/C20H21N3O3S2/c1-28(25,26)18-11-5-3-8-15(18)21-19(24)13-23-12-6-9-16(23)20-22-14-7-2-4-10-17(14)27-20/h2-5,7-8,10-11,16H,6,9,12-13H2,1H3,(H,21,24)/p+1/t16-/m1/s1. The summed E-state index contributed by atoms with van der Waals surface area (Å²) in [6.07, 6.45) is 3.19. The van der Waals surface area contributed by atoms with Gasteiger partial charge < -0.3 is 10.2 Å². The molecule has 28 heavy (non-hydrogen) atoms. The van der Waals surface area contributed by atoms with Crippen LogP contribution in [0.1, 0.15) is 23.9 Å². The molecule has 3 aromatic rings. The van der Waals surface area contributed by atoms with E-state index in [1.807, 2.05) is 18.2 Å². The minimum atomic E-state index is -3.40. The van der Waals surface area contributed by atoms with E-state index in [0.29, 0.717) is 12.2 Å². The molecule has 1 aliphatic rings. The van der Waals surface area contributed by atoms with Gasteiger partial charge in [0.05, 0.1) is 27.3 Å². The Kier molecular flexibility index (Phi) is 5.18. The van der Waals surface area contributed by atoms with Crippen LogP contribution in [0.25, 0.3) is 10.2 Å². The summed E-state index contributed by atoms with van der Waals surface area (Å²) in [6.45, 7) is 1.19. The molecule has 1 aromatic heterocycles. The fourth-order valence-electron chi connectivity index (χ4n) is 3.75. The highest BCUT2D eigenvalue weighted by Gasteiger charge is 2.34. The number of sulfone groups is 1. The number of carbonyl (C=O) groups excluding carboxylic acids is 1. The zero-order valence-electron chi connectivity index (χ0n) is 15.5. The number of aromatic nitrogens is 1. The summed E-state index contributed by atoms with van der Waals surface area (Å²) in [7, 11) is -3.40. The van der Waals surface area contributed by atoms with Gasteiger partial charge in [-0.05, 0) is 24.3 Å². The fourth-order valence-corrected chi connectivity index (χ4v) is 5.76. The van der Waals surface area contributed by atoms with Crippen molar-refractivity contribution < 1.29 is 18.1 Å². The third kappa shape index (κ3) is 3.94. The molecular formula is C20H22N3O3S2+. The summed E-state index contributed by atoms with van der Waals surface area (Å²) in [5.74, 6) is -0.181. The molecule has 1 aliphatic heterocycles. The Morgan fingerprint density at radius 3 is 2.75 bits per heavy atom. The zero-order valence-corrected chi connectivity index (χ0v) is 17.1. The molecule has 8 heteroatoms. The normalized spacial score (nSPS) is 19.8. The van der Waals surface area contributed by atoms with Crippen molar-refractivity contribution in [2.45, 2.75) is 23.8 Å². The second-order valence-electron chi connectivity index (χ2n) is 7.12. The van der Waals surface area contributed by atoms with Crippen molar-refractivity contribution in [3.05, 3.63) is 53.5 Å². The lowest BCUT2D eigenvalue weighted by Gasteiger charge is -2.19. The molecule has 2 atom stereocenters. The van der Waals surface area contributed by atoms with E-state index in [0.717, 1.165) is 40.9 Å². The van der Waals surface area contributed by atoms with Crippen molar-refractivity contribution in [2.24, 2.45) is 0 Å². The lowest BCUT2D eigenvalue weighted by molar-refractivity contribution is -0.910. The summed E-state index contributed by atoms with van der Waals surface area (Å²) >= 11 is 1.69. The summed E-state index contributed by atoms with van der Waals surface area (Å²) in [5, 5.41) is 3.85. The van der Waals surface area contributed by atoms with Crippen LogP contribution in [0.3, 0.4) is 0 Å². The van der Waals surface area contributed by atoms with E-state index in [9.17, 15) is 13.2 Å². The topological polar surface area (TPSA) is 80.6 Å². The number of amides is 1. The minimum absolute atomic E-state index is 0.141. The van der Waals surface area contributed by atoms with E-state index in [-0.39, 0.29) is 16.8 Å².